The first-order valence-corrected chi connectivity index (χ1v) is 8.45. The van der Waals surface area contributed by atoms with Gasteiger partial charge < -0.3 is 9.47 Å². The van der Waals surface area contributed by atoms with Crippen LogP contribution in [-0.4, -0.2) is 24.0 Å². The van der Waals surface area contributed by atoms with Gasteiger partial charge in [0.1, 0.15) is 5.75 Å². The topological polar surface area (TPSA) is 76.4 Å². The molecule has 2 atom stereocenters. The molecule has 0 spiro atoms. The summed E-state index contributed by atoms with van der Waals surface area (Å²) in [6.07, 6.45) is -0.883. The maximum atomic E-state index is 12.4. The van der Waals surface area contributed by atoms with Gasteiger partial charge in [-0.1, -0.05) is 31.2 Å². The summed E-state index contributed by atoms with van der Waals surface area (Å²) in [4.78, 5) is 24.5. The molecular weight excluding hydrogens is 330 g/mol. The number of benzene rings is 2. The Labute approximate surface area is 153 Å². The molecule has 0 N–H and O–H groups in total. The number of Topliss-reactive ketones (excluding diaryl/α,β-unsaturated/α-hetero) is 1. The lowest BCUT2D eigenvalue weighted by Gasteiger charge is -2.17. The van der Waals surface area contributed by atoms with Crippen LogP contribution in [0.25, 0.3) is 0 Å². The zero-order chi connectivity index (χ0) is 19.1. The number of hydrogen-bond acceptors (Lipinski definition) is 5. The number of hydrogen-bond donors (Lipinski definition) is 0. The van der Waals surface area contributed by atoms with Crippen LogP contribution in [0.3, 0.4) is 0 Å². The monoisotopic (exact) mass is 351 g/mol. The van der Waals surface area contributed by atoms with Crippen molar-refractivity contribution in [2.75, 3.05) is 0 Å². The van der Waals surface area contributed by atoms with Crippen LogP contribution in [0.4, 0.5) is 0 Å². The minimum Gasteiger partial charge on any atom is -0.479 e. The van der Waals surface area contributed by atoms with E-state index in [1.54, 1.807) is 50.2 Å². The zero-order valence-corrected chi connectivity index (χ0v) is 15.1. The Morgan fingerprint density at radius 3 is 2.15 bits per heavy atom. The third-order valence-corrected chi connectivity index (χ3v) is 3.94. The second-order valence-electron chi connectivity index (χ2n) is 5.89. The number of carbonyl (C=O) groups is 2. The van der Waals surface area contributed by atoms with E-state index in [1.807, 2.05) is 25.1 Å². The van der Waals surface area contributed by atoms with Gasteiger partial charge in [0.05, 0.1) is 11.6 Å². The molecule has 0 radical (unpaired) electrons. The van der Waals surface area contributed by atoms with Gasteiger partial charge in [-0.05, 0) is 50.1 Å². The Balaban J connectivity index is 1.93. The smallest absolute Gasteiger partial charge is 0.347 e. The first kappa shape index (κ1) is 19.2. The van der Waals surface area contributed by atoms with Crippen LogP contribution in [0.1, 0.15) is 42.3 Å². The fraction of sp³-hybridized carbons (Fsp3) is 0.286. The van der Waals surface area contributed by atoms with Crippen LogP contribution in [0.5, 0.6) is 5.75 Å². The zero-order valence-electron chi connectivity index (χ0n) is 15.1. The number of esters is 1. The van der Waals surface area contributed by atoms with E-state index in [1.165, 1.54) is 0 Å². The molecule has 0 saturated heterocycles. The van der Waals surface area contributed by atoms with Gasteiger partial charge in [0.15, 0.2) is 12.2 Å². The summed E-state index contributed by atoms with van der Waals surface area (Å²) < 4.78 is 10.7. The summed E-state index contributed by atoms with van der Waals surface area (Å²) in [6, 6.07) is 15.7. The molecule has 0 fully saturated rings. The predicted octanol–water partition coefficient (Wildman–Crippen LogP) is 3.70. The molecule has 2 aromatic rings. The molecule has 0 heterocycles. The van der Waals surface area contributed by atoms with Crippen LogP contribution in [0.15, 0.2) is 48.5 Å². The molecule has 0 bridgehead atoms. The second kappa shape index (κ2) is 8.82. The van der Waals surface area contributed by atoms with Crippen LogP contribution in [0.2, 0.25) is 0 Å². The molecule has 0 unspecified atom stereocenters. The van der Waals surface area contributed by atoms with Crippen molar-refractivity contribution >= 4 is 11.8 Å². The third kappa shape index (κ3) is 4.93. The highest BCUT2D eigenvalue weighted by Crippen LogP contribution is 2.15. The SMILES string of the molecule is CCc1ccc(C(=O)[C@H](C)OC(=O)[C@@H](C)Oc2ccc(C#N)cc2)cc1. The number of ether oxygens (including phenoxy) is 2. The largest absolute Gasteiger partial charge is 0.479 e. The van der Waals surface area contributed by atoms with Gasteiger partial charge in [0, 0.05) is 5.56 Å². The third-order valence-electron chi connectivity index (χ3n) is 3.94. The molecule has 2 aromatic carbocycles. The van der Waals surface area contributed by atoms with E-state index in [9.17, 15) is 9.59 Å². The van der Waals surface area contributed by atoms with E-state index in [0.29, 0.717) is 16.9 Å². The minimum absolute atomic E-state index is 0.258. The Morgan fingerprint density at radius 1 is 1.00 bits per heavy atom. The molecule has 0 aliphatic carbocycles. The average Bonchev–Trinajstić information content (AvgIpc) is 2.67. The molecule has 0 aliphatic rings. The molecule has 0 aliphatic heterocycles. The number of rotatable bonds is 7. The highest BCUT2D eigenvalue weighted by atomic mass is 16.6. The molecule has 0 amide bonds. The summed E-state index contributed by atoms with van der Waals surface area (Å²) >= 11 is 0. The number of ketones is 1. The predicted molar refractivity (Wildman–Crippen MR) is 97.0 cm³/mol. The van der Waals surface area contributed by atoms with Crippen molar-refractivity contribution in [3.8, 4) is 11.8 Å². The van der Waals surface area contributed by atoms with Gasteiger partial charge >= 0.3 is 5.97 Å². The van der Waals surface area contributed by atoms with Crippen molar-refractivity contribution in [3.63, 3.8) is 0 Å². The lowest BCUT2D eigenvalue weighted by Crippen LogP contribution is -2.32. The quantitative estimate of drug-likeness (QED) is 0.561. The molecular formula is C21H21NO4. The van der Waals surface area contributed by atoms with Gasteiger partial charge in [-0.15, -0.1) is 0 Å². The maximum Gasteiger partial charge on any atom is 0.347 e. The molecule has 26 heavy (non-hydrogen) atoms. The van der Waals surface area contributed by atoms with E-state index in [-0.39, 0.29) is 5.78 Å². The van der Waals surface area contributed by atoms with Crippen LogP contribution < -0.4 is 4.74 Å². The van der Waals surface area contributed by atoms with E-state index >= 15 is 0 Å². The first-order chi connectivity index (χ1) is 12.4. The summed E-state index contributed by atoms with van der Waals surface area (Å²) in [7, 11) is 0. The van der Waals surface area contributed by atoms with Gasteiger partial charge in [-0.3, -0.25) is 4.79 Å². The lowest BCUT2D eigenvalue weighted by molar-refractivity contribution is -0.153. The molecule has 5 nitrogen and oxygen atoms in total. The minimum atomic E-state index is -0.901. The van der Waals surface area contributed by atoms with Gasteiger partial charge in [-0.2, -0.15) is 5.26 Å². The number of nitrogens with zero attached hydrogens (tertiary/aromatic N) is 1. The normalized spacial score (nSPS) is 12.5. The molecule has 0 saturated carbocycles. The van der Waals surface area contributed by atoms with Crippen molar-refractivity contribution in [1.29, 1.82) is 5.26 Å². The first-order valence-electron chi connectivity index (χ1n) is 8.45. The fourth-order valence-electron chi connectivity index (χ4n) is 2.32. The molecule has 2 rings (SSSR count). The van der Waals surface area contributed by atoms with Crippen LogP contribution in [0, 0.1) is 11.3 Å². The standard InChI is InChI=1S/C21H21NO4/c1-4-16-5-9-18(10-6-16)20(23)14(2)26-21(24)15(3)25-19-11-7-17(13-22)8-12-19/h5-12,14-15H,4H2,1-3H3/t14-,15+/m0/s1. The summed E-state index contributed by atoms with van der Waals surface area (Å²) in [5.74, 6) is -0.436. The summed E-state index contributed by atoms with van der Waals surface area (Å²) in [6.45, 7) is 5.13. The van der Waals surface area contributed by atoms with Gasteiger partial charge in [-0.25, -0.2) is 4.79 Å². The number of carbonyl (C=O) groups excluding carboxylic acids is 2. The van der Waals surface area contributed by atoms with Crippen molar-refractivity contribution in [1.82, 2.24) is 0 Å². The number of aryl methyl sites for hydroxylation is 1. The Hall–Kier alpha value is -3.13. The Bertz CT molecular complexity index is 803. The van der Waals surface area contributed by atoms with E-state index in [0.717, 1.165) is 12.0 Å². The molecule has 134 valence electrons. The Kier molecular flexibility index (Phi) is 6.51. The van der Waals surface area contributed by atoms with Crippen molar-refractivity contribution in [2.24, 2.45) is 0 Å². The number of nitriles is 1. The Morgan fingerprint density at radius 2 is 1.62 bits per heavy atom. The van der Waals surface area contributed by atoms with E-state index < -0.39 is 18.2 Å². The highest BCUT2D eigenvalue weighted by Gasteiger charge is 2.24. The average molecular weight is 351 g/mol. The van der Waals surface area contributed by atoms with Crippen molar-refractivity contribution in [2.45, 2.75) is 39.4 Å². The van der Waals surface area contributed by atoms with Crippen LogP contribution in [-0.2, 0) is 16.0 Å². The van der Waals surface area contributed by atoms with Gasteiger partial charge in [0.25, 0.3) is 0 Å². The fourth-order valence-corrected chi connectivity index (χ4v) is 2.32. The highest BCUT2D eigenvalue weighted by molar-refractivity contribution is 6.00. The van der Waals surface area contributed by atoms with E-state index in [2.05, 4.69) is 0 Å². The van der Waals surface area contributed by atoms with E-state index in [4.69, 9.17) is 14.7 Å². The lowest BCUT2D eigenvalue weighted by atomic mass is 10.0. The maximum absolute atomic E-state index is 12.4. The molecule has 5 heteroatoms. The summed E-state index contributed by atoms with van der Waals surface area (Å²) in [5, 5.41) is 8.78. The van der Waals surface area contributed by atoms with Crippen LogP contribution >= 0.6 is 0 Å². The summed E-state index contributed by atoms with van der Waals surface area (Å²) in [5.41, 5.74) is 2.14. The second-order valence-corrected chi connectivity index (χ2v) is 5.89. The molecule has 0 aromatic heterocycles. The van der Waals surface area contributed by atoms with Crippen molar-refractivity contribution < 1.29 is 19.1 Å². The van der Waals surface area contributed by atoms with Crippen molar-refractivity contribution in [3.05, 3.63) is 65.2 Å². The van der Waals surface area contributed by atoms with Gasteiger partial charge in [0.2, 0.25) is 5.78 Å².